The van der Waals surface area contributed by atoms with Gasteiger partial charge in [-0.3, -0.25) is 0 Å². The molecule has 0 aromatic carbocycles. The second-order valence-electron chi connectivity index (χ2n) is 2.16. The average molecular weight is 183 g/mol. The van der Waals surface area contributed by atoms with Crippen LogP contribution in [0.3, 0.4) is 0 Å². The quantitative estimate of drug-likeness (QED) is 0.481. The fourth-order valence-electron chi connectivity index (χ4n) is 0.698. The summed E-state index contributed by atoms with van der Waals surface area (Å²) in [6.45, 7) is 5.76. The summed E-state index contributed by atoms with van der Waals surface area (Å²) in [7, 11) is 1.51. The minimum atomic E-state index is -1.02. The number of alkyl halides is 1. The third-order valence-electron chi connectivity index (χ3n) is 1.15. The van der Waals surface area contributed by atoms with Gasteiger partial charge in [0.05, 0.1) is 0 Å². The van der Waals surface area contributed by atoms with Crippen molar-refractivity contribution in [3.8, 4) is 0 Å². The summed E-state index contributed by atoms with van der Waals surface area (Å²) in [5.41, 5.74) is -0.425. The van der Waals surface area contributed by atoms with E-state index in [4.69, 9.17) is 25.8 Å². The van der Waals surface area contributed by atoms with Crippen LogP contribution in [0, 0.1) is 0 Å². The maximum absolute atomic E-state index is 5.59. The van der Waals surface area contributed by atoms with Crippen molar-refractivity contribution in [2.24, 2.45) is 0 Å². The van der Waals surface area contributed by atoms with E-state index in [-0.39, 0.29) is 0 Å². The Morgan fingerprint density at radius 2 is 2.09 bits per heavy atom. The van der Waals surface area contributed by atoms with Crippen molar-refractivity contribution in [2.45, 2.75) is 32.3 Å². The van der Waals surface area contributed by atoms with Crippen LogP contribution in [-0.4, -0.2) is 25.3 Å². The smallest absolute Gasteiger partial charge is 0.281 e. The van der Waals surface area contributed by atoms with Crippen LogP contribution >= 0.6 is 11.6 Å². The zero-order chi connectivity index (χ0) is 8.91. The number of ether oxygens (including phenoxy) is 3. The van der Waals surface area contributed by atoms with Crippen molar-refractivity contribution >= 4 is 11.6 Å². The first-order valence-electron chi connectivity index (χ1n) is 3.55. The van der Waals surface area contributed by atoms with Crippen molar-refractivity contribution in [2.75, 3.05) is 13.7 Å². The van der Waals surface area contributed by atoms with Crippen LogP contribution in [0.25, 0.3) is 0 Å². The zero-order valence-corrected chi connectivity index (χ0v) is 8.14. The Balaban J connectivity index is 3.87. The van der Waals surface area contributed by atoms with E-state index in [1.165, 1.54) is 7.11 Å². The fourth-order valence-corrected chi connectivity index (χ4v) is 0.860. The predicted octanol–water partition coefficient (Wildman–Crippen LogP) is 1.94. The Labute approximate surface area is 72.6 Å². The van der Waals surface area contributed by atoms with E-state index < -0.39 is 11.5 Å². The molecular weight excluding hydrogens is 168 g/mol. The molecule has 0 aromatic heterocycles. The molecular formula is C7H15ClO3. The minimum Gasteiger partial charge on any atom is -0.331 e. The molecule has 4 heteroatoms. The molecule has 0 aliphatic heterocycles. The van der Waals surface area contributed by atoms with Crippen LogP contribution in [0.2, 0.25) is 0 Å². The summed E-state index contributed by atoms with van der Waals surface area (Å²) in [4.78, 5) is 0. The highest BCUT2D eigenvalue weighted by Crippen LogP contribution is 2.16. The van der Waals surface area contributed by atoms with Gasteiger partial charge in [0.15, 0.2) is 0 Å². The Morgan fingerprint density at radius 3 is 2.36 bits per heavy atom. The molecule has 0 aliphatic rings. The van der Waals surface area contributed by atoms with Gasteiger partial charge in [-0.05, 0) is 13.8 Å². The topological polar surface area (TPSA) is 27.7 Å². The summed E-state index contributed by atoms with van der Waals surface area (Å²) >= 11 is 5.59. The average Bonchev–Trinajstić information content (AvgIpc) is 1.87. The summed E-state index contributed by atoms with van der Waals surface area (Å²) in [5, 5.41) is 0. The van der Waals surface area contributed by atoms with Crippen LogP contribution in [0.15, 0.2) is 0 Å². The molecule has 0 fully saturated rings. The van der Waals surface area contributed by atoms with Gasteiger partial charge >= 0.3 is 0 Å². The van der Waals surface area contributed by atoms with Crippen LogP contribution in [-0.2, 0) is 14.2 Å². The first-order chi connectivity index (χ1) is 5.04. The van der Waals surface area contributed by atoms with E-state index in [1.807, 2.05) is 6.92 Å². The van der Waals surface area contributed by atoms with Crippen molar-refractivity contribution in [1.29, 1.82) is 0 Å². The van der Waals surface area contributed by atoms with Gasteiger partial charge in [0.2, 0.25) is 0 Å². The Kier molecular flexibility index (Phi) is 5.01. The number of rotatable bonds is 5. The first kappa shape index (κ1) is 11.2. The molecule has 2 unspecified atom stereocenters. The largest absolute Gasteiger partial charge is 0.331 e. The summed E-state index contributed by atoms with van der Waals surface area (Å²) in [6.07, 6.45) is 0. The number of halogens is 1. The van der Waals surface area contributed by atoms with Gasteiger partial charge in [-0.25, -0.2) is 0 Å². The summed E-state index contributed by atoms with van der Waals surface area (Å²) in [5.74, 6) is -1.02. The van der Waals surface area contributed by atoms with Gasteiger partial charge in [0.25, 0.3) is 5.97 Å². The Bertz CT molecular complexity index is 108. The lowest BCUT2D eigenvalue weighted by molar-refractivity contribution is -0.363. The molecule has 0 radical (unpaired) electrons. The van der Waals surface area contributed by atoms with Gasteiger partial charge in [0, 0.05) is 20.6 Å². The van der Waals surface area contributed by atoms with Gasteiger partial charge in [0.1, 0.15) is 5.56 Å². The van der Waals surface area contributed by atoms with E-state index in [9.17, 15) is 0 Å². The third kappa shape index (κ3) is 4.58. The zero-order valence-electron chi connectivity index (χ0n) is 7.39. The highest BCUT2D eigenvalue weighted by molar-refractivity contribution is 6.19. The van der Waals surface area contributed by atoms with E-state index in [0.717, 1.165) is 0 Å². The van der Waals surface area contributed by atoms with E-state index >= 15 is 0 Å². The number of hydrogen-bond donors (Lipinski definition) is 0. The lowest BCUT2D eigenvalue weighted by Gasteiger charge is -2.28. The molecule has 0 aliphatic carbocycles. The molecule has 0 spiro atoms. The van der Waals surface area contributed by atoms with Crippen LogP contribution < -0.4 is 0 Å². The molecule has 0 heterocycles. The van der Waals surface area contributed by atoms with Crippen LogP contribution in [0.5, 0.6) is 0 Å². The highest BCUT2D eigenvalue weighted by atomic mass is 35.5. The Morgan fingerprint density at radius 1 is 1.55 bits per heavy atom. The van der Waals surface area contributed by atoms with Gasteiger partial charge < -0.3 is 14.2 Å². The molecule has 11 heavy (non-hydrogen) atoms. The lowest BCUT2D eigenvalue weighted by atomic mass is 10.6. The normalized spacial score (nSPS) is 19.4. The van der Waals surface area contributed by atoms with Gasteiger partial charge in [-0.1, -0.05) is 11.6 Å². The molecule has 0 aromatic rings. The Hall–Kier alpha value is 0.170. The molecule has 2 atom stereocenters. The summed E-state index contributed by atoms with van der Waals surface area (Å²) < 4.78 is 15.3. The number of methoxy groups -OCH3 is 1. The maximum atomic E-state index is 5.59. The predicted molar refractivity (Wildman–Crippen MR) is 43.4 cm³/mol. The number of hydrogen-bond acceptors (Lipinski definition) is 3. The van der Waals surface area contributed by atoms with Crippen molar-refractivity contribution < 1.29 is 14.2 Å². The second-order valence-corrected chi connectivity index (χ2v) is 2.77. The van der Waals surface area contributed by atoms with E-state index in [2.05, 4.69) is 0 Å². The molecule has 0 bridgehead atoms. The molecule has 0 N–H and O–H groups in total. The third-order valence-corrected chi connectivity index (χ3v) is 1.24. The van der Waals surface area contributed by atoms with Gasteiger partial charge in [-0.15, -0.1) is 0 Å². The maximum Gasteiger partial charge on any atom is 0.281 e. The molecule has 3 nitrogen and oxygen atoms in total. The van der Waals surface area contributed by atoms with E-state index in [0.29, 0.717) is 6.61 Å². The first-order valence-corrected chi connectivity index (χ1v) is 3.98. The lowest BCUT2D eigenvalue weighted by Crippen LogP contribution is -2.36. The molecule has 0 rings (SSSR count). The SMILES string of the molecule is CCOC(C)(OC)OC(C)Cl. The highest BCUT2D eigenvalue weighted by Gasteiger charge is 2.26. The van der Waals surface area contributed by atoms with Crippen LogP contribution in [0.4, 0.5) is 0 Å². The summed E-state index contributed by atoms with van der Waals surface area (Å²) in [6, 6.07) is 0. The molecule has 0 amide bonds. The molecule has 68 valence electrons. The van der Waals surface area contributed by atoms with Crippen molar-refractivity contribution in [1.82, 2.24) is 0 Å². The van der Waals surface area contributed by atoms with Crippen molar-refractivity contribution in [3.63, 3.8) is 0 Å². The van der Waals surface area contributed by atoms with Crippen LogP contribution in [0.1, 0.15) is 20.8 Å². The molecule has 0 saturated heterocycles. The van der Waals surface area contributed by atoms with Crippen molar-refractivity contribution in [3.05, 3.63) is 0 Å². The minimum absolute atomic E-state index is 0.425. The standard InChI is InChI=1S/C7H15ClO3/c1-5-10-7(3,9-4)11-6(2)8/h6H,5H2,1-4H3. The van der Waals surface area contributed by atoms with Gasteiger partial charge in [-0.2, -0.15) is 0 Å². The molecule has 0 saturated carbocycles. The fraction of sp³-hybridized carbons (Fsp3) is 1.00. The monoisotopic (exact) mass is 182 g/mol. The van der Waals surface area contributed by atoms with E-state index in [1.54, 1.807) is 13.8 Å². The second kappa shape index (κ2) is 4.93.